The minimum atomic E-state index is -2.86. The van der Waals surface area contributed by atoms with Gasteiger partial charge in [0.15, 0.2) is 11.5 Å². The lowest BCUT2D eigenvalue weighted by molar-refractivity contribution is -0.0511. The number of anilines is 1. The summed E-state index contributed by atoms with van der Waals surface area (Å²) in [5.41, 5.74) is 1.11. The third-order valence-corrected chi connectivity index (χ3v) is 3.96. The van der Waals surface area contributed by atoms with Crippen LogP contribution in [0.2, 0.25) is 0 Å². The molecular weight excluding hydrogens is 276 g/mol. The highest BCUT2D eigenvalue weighted by Gasteiger charge is 2.27. The van der Waals surface area contributed by atoms with Crippen molar-refractivity contribution in [1.29, 1.82) is 0 Å². The minimum Gasteiger partial charge on any atom is -0.493 e. The second-order valence-electron chi connectivity index (χ2n) is 6.35. The maximum Gasteiger partial charge on any atom is 0.387 e. The van der Waals surface area contributed by atoms with Crippen molar-refractivity contribution in [3.05, 3.63) is 18.2 Å². The summed E-state index contributed by atoms with van der Waals surface area (Å²) in [6, 6.07) is 5.42. The van der Waals surface area contributed by atoms with E-state index in [2.05, 4.69) is 23.9 Å². The Hall–Kier alpha value is -1.52. The maximum absolute atomic E-state index is 12.4. The van der Waals surface area contributed by atoms with E-state index < -0.39 is 6.61 Å². The lowest BCUT2D eigenvalue weighted by Gasteiger charge is -2.36. The number of benzene rings is 1. The van der Waals surface area contributed by atoms with Gasteiger partial charge in [-0.25, -0.2) is 0 Å². The van der Waals surface area contributed by atoms with Crippen LogP contribution in [0.4, 0.5) is 14.5 Å². The molecule has 21 heavy (non-hydrogen) atoms. The number of hydrogen-bond donors (Lipinski definition) is 1. The van der Waals surface area contributed by atoms with Crippen molar-refractivity contribution in [2.24, 2.45) is 5.41 Å². The van der Waals surface area contributed by atoms with E-state index in [4.69, 9.17) is 4.74 Å². The molecule has 1 saturated carbocycles. The number of methoxy groups -OCH3 is 1. The van der Waals surface area contributed by atoms with E-state index >= 15 is 0 Å². The molecule has 0 aromatic heterocycles. The van der Waals surface area contributed by atoms with Gasteiger partial charge < -0.3 is 14.8 Å². The molecule has 1 N–H and O–H groups in total. The molecule has 118 valence electrons. The van der Waals surface area contributed by atoms with Crippen molar-refractivity contribution < 1.29 is 18.3 Å². The van der Waals surface area contributed by atoms with Crippen LogP contribution in [0.15, 0.2) is 18.2 Å². The van der Waals surface area contributed by atoms with Gasteiger partial charge in [0.25, 0.3) is 0 Å². The standard InChI is InChI=1S/C16H23F2NO2/c1-16(2)8-4-5-12(10-16)19-11-6-7-13(20-3)14(9-11)21-15(17)18/h6-7,9,12,15,19H,4-5,8,10H2,1-3H3. The number of nitrogens with one attached hydrogen (secondary N) is 1. The average molecular weight is 299 g/mol. The zero-order chi connectivity index (χ0) is 15.5. The van der Waals surface area contributed by atoms with Crippen LogP contribution in [0.1, 0.15) is 39.5 Å². The Morgan fingerprint density at radius 3 is 2.67 bits per heavy atom. The molecule has 1 fully saturated rings. The predicted molar refractivity (Wildman–Crippen MR) is 79.3 cm³/mol. The monoisotopic (exact) mass is 299 g/mol. The summed E-state index contributed by atoms with van der Waals surface area (Å²) in [6.45, 7) is 1.67. The Bertz CT molecular complexity index is 477. The fourth-order valence-corrected chi connectivity index (χ4v) is 3.01. The predicted octanol–water partition coefficient (Wildman–Crippen LogP) is 4.68. The van der Waals surface area contributed by atoms with Crippen molar-refractivity contribution in [3.63, 3.8) is 0 Å². The second-order valence-corrected chi connectivity index (χ2v) is 6.35. The number of halogens is 2. The first-order valence-electron chi connectivity index (χ1n) is 7.29. The van der Waals surface area contributed by atoms with Crippen LogP contribution in [0.3, 0.4) is 0 Å². The smallest absolute Gasteiger partial charge is 0.387 e. The van der Waals surface area contributed by atoms with Gasteiger partial charge in [0.1, 0.15) is 0 Å². The summed E-state index contributed by atoms with van der Waals surface area (Å²) in [4.78, 5) is 0. The van der Waals surface area contributed by atoms with Crippen molar-refractivity contribution in [3.8, 4) is 11.5 Å². The molecule has 5 heteroatoms. The number of ether oxygens (including phenoxy) is 2. The van der Waals surface area contributed by atoms with Crippen molar-refractivity contribution in [2.75, 3.05) is 12.4 Å². The van der Waals surface area contributed by atoms with Crippen LogP contribution in [-0.4, -0.2) is 19.8 Å². The molecule has 0 spiro atoms. The van der Waals surface area contributed by atoms with Crippen molar-refractivity contribution in [2.45, 2.75) is 52.2 Å². The topological polar surface area (TPSA) is 30.5 Å². The highest BCUT2D eigenvalue weighted by molar-refractivity contribution is 5.55. The van der Waals surface area contributed by atoms with E-state index in [1.165, 1.54) is 20.0 Å². The molecule has 0 saturated heterocycles. The highest BCUT2D eigenvalue weighted by Crippen LogP contribution is 2.37. The largest absolute Gasteiger partial charge is 0.493 e. The average Bonchev–Trinajstić information content (AvgIpc) is 2.37. The highest BCUT2D eigenvalue weighted by atomic mass is 19.3. The van der Waals surface area contributed by atoms with Crippen LogP contribution >= 0.6 is 0 Å². The molecule has 1 unspecified atom stereocenters. The summed E-state index contributed by atoms with van der Waals surface area (Å²) in [7, 11) is 1.43. The lowest BCUT2D eigenvalue weighted by Crippen LogP contribution is -2.31. The molecule has 0 amide bonds. The van der Waals surface area contributed by atoms with Crippen LogP contribution in [-0.2, 0) is 0 Å². The van der Waals surface area contributed by atoms with E-state index in [-0.39, 0.29) is 5.75 Å². The van der Waals surface area contributed by atoms with Gasteiger partial charge in [-0.2, -0.15) is 8.78 Å². The van der Waals surface area contributed by atoms with E-state index in [9.17, 15) is 8.78 Å². The summed E-state index contributed by atoms with van der Waals surface area (Å²) in [6.07, 6.45) is 4.58. The van der Waals surface area contributed by atoms with E-state index in [1.54, 1.807) is 12.1 Å². The maximum atomic E-state index is 12.4. The molecule has 1 aliphatic rings. The van der Waals surface area contributed by atoms with Crippen LogP contribution in [0.5, 0.6) is 11.5 Å². The first-order chi connectivity index (χ1) is 9.89. The molecule has 1 aliphatic carbocycles. The van der Waals surface area contributed by atoms with Crippen molar-refractivity contribution >= 4 is 5.69 Å². The van der Waals surface area contributed by atoms with Gasteiger partial charge in [-0.15, -0.1) is 0 Å². The molecule has 1 atom stereocenters. The van der Waals surface area contributed by atoms with Crippen LogP contribution in [0, 0.1) is 5.41 Å². The molecule has 1 aromatic rings. The number of alkyl halides is 2. The van der Waals surface area contributed by atoms with Gasteiger partial charge in [-0.1, -0.05) is 20.3 Å². The van der Waals surface area contributed by atoms with Crippen LogP contribution < -0.4 is 14.8 Å². The third kappa shape index (κ3) is 4.48. The summed E-state index contributed by atoms with van der Waals surface area (Å²) in [5.74, 6) is 0.373. The third-order valence-electron chi connectivity index (χ3n) is 3.96. The molecule has 2 rings (SSSR count). The van der Waals surface area contributed by atoms with Gasteiger partial charge >= 0.3 is 6.61 Å². The fourth-order valence-electron chi connectivity index (χ4n) is 3.01. The van der Waals surface area contributed by atoms with Gasteiger partial charge in [0.05, 0.1) is 7.11 Å². The molecule has 1 aromatic carbocycles. The Morgan fingerprint density at radius 2 is 2.05 bits per heavy atom. The molecule has 3 nitrogen and oxygen atoms in total. The molecule has 0 bridgehead atoms. The Labute approximate surface area is 124 Å². The van der Waals surface area contributed by atoms with Crippen molar-refractivity contribution in [1.82, 2.24) is 0 Å². The van der Waals surface area contributed by atoms with Gasteiger partial charge in [-0.05, 0) is 36.8 Å². The Balaban J connectivity index is 2.09. The number of hydrogen-bond acceptors (Lipinski definition) is 3. The quantitative estimate of drug-likeness (QED) is 0.856. The lowest BCUT2D eigenvalue weighted by atomic mass is 9.75. The van der Waals surface area contributed by atoms with E-state index in [0.29, 0.717) is 17.2 Å². The first-order valence-corrected chi connectivity index (χ1v) is 7.29. The zero-order valence-corrected chi connectivity index (χ0v) is 12.8. The molecular formula is C16H23F2NO2. The van der Waals surface area contributed by atoms with Gasteiger partial charge in [-0.3, -0.25) is 0 Å². The van der Waals surface area contributed by atoms with Crippen LogP contribution in [0.25, 0.3) is 0 Å². The SMILES string of the molecule is COc1ccc(NC2CCCC(C)(C)C2)cc1OC(F)F. The minimum absolute atomic E-state index is 0.0626. The normalized spacial score (nSPS) is 21.1. The Morgan fingerprint density at radius 1 is 1.29 bits per heavy atom. The molecule has 0 aliphatic heterocycles. The van der Waals surface area contributed by atoms with E-state index in [0.717, 1.165) is 18.5 Å². The van der Waals surface area contributed by atoms with E-state index in [1.807, 2.05) is 6.07 Å². The fraction of sp³-hybridized carbons (Fsp3) is 0.625. The molecule has 0 radical (unpaired) electrons. The summed E-state index contributed by atoms with van der Waals surface area (Å²) >= 11 is 0. The van der Waals surface area contributed by atoms with Gasteiger partial charge in [0, 0.05) is 17.8 Å². The Kier molecular flexibility index (Phi) is 4.91. The number of rotatable bonds is 5. The second kappa shape index (κ2) is 6.50. The molecule has 0 heterocycles. The summed E-state index contributed by atoms with van der Waals surface area (Å²) < 4.78 is 34.4. The van der Waals surface area contributed by atoms with Gasteiger partial charge in [0.2, 0.25) is 0 Å². The summed E-state index contributed by atoms with van der Waals surface area (Å²) in [5, 5.41) is 3.42. The zero-order valence-electron chi connectivity index (χ0n) is 12.8. The first kappa shape index (κ1) is 15.9.